The standard InChI is InChI=1S/C15H24N2O2/c1-4-15(5-2,11-16)17-14(18)10-12-7-6-8-13(9-12)19-3/h6-9H,4-5,10-11,16H2,1-3H3,(H,17,18). The first-order valence-electron chi connectivity index (χ1n) is 6.73. The Morgan fingerprint density at radius 2 is 2.05 bits per heavy atom. The van der Waals surface area contributed by atoms with E-state index in [1.807, 2.05) is 38.1 Å². The van der Waals surface area contributed by atoms with Crippen molar-refractivity contribution in [3.8, 4) is 5.75 Å². The van der Waals surface area contributed by atoms with Crippen molar-refractivity contribution in [1.82, 2.24) is 5.32 Å². The van der Waals surface area contributed by atoms with Crippen molar-refractivity contribution in [2.75, 3.05) is 13.7 Å². The fraction of sp³-hybridized carbons (Fsp3) is 0.533. The molecule has 0 atom stereocenters. The lowest BCUT2D eigenvalue weighted by molar-refractivity contribution is -0.122. The quantitative estimate of drug-likeness (QED) is 0.790. The van der Waals surface area contributed by atoms with E-state index < -0.39 is 0 Å². The Labute approximate surface area is 115 Å². The number of ether oxygens (including phenoxy) is 1. The van der Waals surface area contributed by atoms with E-state index in [0.717, 1.165) is 24.2 Å². The Morgan fingerprint density at radius 3 is 2.58 bits per heavy atom. The van der Waals surface area contributed by atoms with Gasteiger partial charge in [0.1, 0.15) is 5.75 Å². The van der Waals surface area contributed by atoms with E-state index in [9.17, 15) is 4.79 Å². The number of hydrogen-bond donors (Lipinski definition) is 2. The van der Waals surface area contributed by atoms with Gasteiger partial charge in [-0.15, -0.1) is 0 Å². The summed E-state index contributed by atoms with van der Waals surface area (Å²) in [7, 11) is 1.62. The summed E-state index contributed by atoms with van der Waals surface area (Å²) in [5.41, 5.74) is 6.44. The van der Waals surface area contributed by atoms with Crippen LogP contribution in [0.15, 0.2) is 24.3 Å². The lowest BCUT2D eigenvalue weighted by Crippen LogP contribution is -2.53. The molecule has 0 heterocycles. The number of amides is 1. The molecular weight excluding hydrogens is 240 g/mol. The summed E-state index contributed by atoms with van der Waals surface area (Å²) in [6, 6.07) is 7.55. The van der Waals surface area contributed by atoms with Gasteiger partial charge in [-0.3, -0.25) is 4.79 Å². The molecule has 1 rings (SSSR count). The van der Waals surface area contributed by atoms with Gasteiger partial charge in [0.25, 0.3) is 0 Å². The van der Waals surface area contributed by atoms with Gasteiger partial charge in [0.2, 0.25) is 5.91 Å². The SMILES string of the molecule is CCC(CC)(CN)NC(=O)Cc1cccc(OC)c1. The van der Waals surface area contributed by atoms with Crippen LogP contribution in [0.3, 0.4) is 0 Å². The molecule has 0 bridgehead atoms. The maximum Gasteiger partial charge on any atom is 0.224 e. The second kappa shape index (κ2) is 7.14. The third-order valence-electron chi connectivity index (χ3n) is 3.65. The highest BCUT2D eigenvalue weighted by Gasteiger charge is 2.26. The molecule has 0 fully saturated rings. The van der Waals surface area contributed by atoms with Crippen LogP contribution < -0.4 is 15.8 Å². The van der Waals surface area contributed by atoms with E-state index in [1.54, 1.807) is 7.11 Å². The normalized spacial score (nSPS) is 11.2. The summed E-state index contributed by atoms with van der Waals surface area (Å²) in [6.07, 6.45) is 2.02. The predicted octanol–water partition coefficient (Wildman–Crippen LogP) is 1.87. The molecule has 1 amide bonds. The number of nitrogens with two attached hydrogens (primary N) is 1. The van der Waals surface area contributed by atoms with Gasteiger partial charge in [-0.25, -0.2) is 0 Å². The van der Waals surface area contributed by atoms with Crippen molar-refractivity contribution in [2.45, 2.75) is 38.6 Å². The number of rotatable bonds is 7. The van der Waals surface area contributed by atoms with E-state index in [1.165, 1.54) is 0 Å². The predicted molar refractivity (Wildman–Crippen MR) is 77.2 cm³/mol. The Balaban J connectivity index is 2.68. The Morgan fingerprint density at radius 1 is 1.37 bits per heavy atom. The number of carbonyl (C=O) groups is 1. The van der Waals surface area contributed by atoms with E-state index in [0.29, 0.717) is 13.0 Å². The molecule has 4 heteroatoms. The molecule has 0 aliphatic rings. The van der Waals surface area contributed by atoms with Crippen LogP contribution in [-0.4, -0.2) is 25.1 Å². The molecule has 1 aromatic rings. The highest BCUT2D eigenvalue weighted by Crippen LogP contribution is 2.15. The third-order valence-corrected chi connectivity index (χ3v) is 3.65. The van der Waals surface area contributed by atoms with Crippen molar-refractivity contribution in [3.63, 3.8) is 0 Å². The average Bonchev–Trinajstić information content (AvgIpc) is 2.45. The van der Waals surface area contributed by atoms with Gasteiger partial charge in [-0.1, -0.05) is 26.0 Å². The second-order valence-corrected chi connectivity index (χ2v) is 4.77. The van der Waals surface area contributed by atoms with Crippen LogP contribution in [-0.2, 0) is 11.2 Å². The summed E-state index contributed by atoms with van der Waals surface area (Å²) in [6.45, 7) is 4.55. The van der Waals surface area contributed by atoms with Crippen LogP contribution in [0.1, 0.15) is 32.3 Å². The summed E-state index contributed by atoms with van der Waals surface area (Å²) in [5.74, 6) is 0.767. The lowest BCUT2D eigenvalue weighted by atomic mass is 9.92. The molecule has 0 saturated heterocycles. The van der Waals surface area contributed by atoms with Gasteiger partial charge in [0.05, 0.1) is 19.1 Å². The van der Waals surface area contributed by atoms with Gasteiger partial charge in [-0.2, -0.15) is 0 Å². The van der Waals surface area contributed by atoms with Crippen LogP contribution in [0, 0.1) is 0 Å². The minimum absolute atomic E-state index is 0.00223. The molecular formula is C15H24N2O2. The van der Waals surface area contributed by atoms with Gasteiger partial charge in [0, 0.05) is 6.54 Å². The van der Waals surface area contributed by atoms with E-state index in [-0.39, 0.29) is 11.4 Å². The molecule has 0 aromatic heterocycles. The highest BCUT2D eigenvalue weighted by atomic mass is 16.5. The molecule has 0 aliphatic carbocycles. The van der Waals surface area contributed by atoms with Gasteiger partial charge in [-0.05, 0) is 30.5 Å². The topological polar surface area (TPSA) is 64.3 Å². The first-order chi connectivity index (χ1) is 9.09. The zero-order valence-electron chi connectivity index (χ0n) is 12.0. The third kappa shape index (κ3) is 4.24. The van der Waals surface area contributed by atoms with Crippen molar-refractivity contribution < 1.29 is 9.53 Å². The highest BCUT2D eigenvalue weighted by molar-refractivity contribution is 5.79. The van der Waals surface area contributed by atoms with Crippen LogP contribution in [0.5, 0.6) is 5.75 Å². The smallest absolute Gasteiger partial charge is 0.224 e. The number of hydrogen-bond acceptors (Lipinski definition) is 3. The van der Waals surface area contributed by atoms with Gasteiger partial charge in [0.15, 0.2) is 0 Å². The molecule has 0 spiro atoms. The number of nitrogens with one attached hydrogen (secondary N) is 1. The van der Waals surface area contributed by atoms with Crippen LogP contribution in [0.25, 0.3) is 0 Å². The zero-order valence-corrected chi connectivity index (χ0v) is 12.0. The Hall–Kier alpha value is -1.55. The van der Waals surface area contributed by atoms with E-state index in [4.69, 9.17) is 10.5 Å². The molecule has 1 aromatic carbocycles. The van der Waals surface area contributed by atoms with Crippen molar-refractivity contribution in [1.29, 1.82) is 0 Å². The molecule has 4 nitrogen and oxygen atoms in total. The fourth-order valence-corrected chi connectivity index (χ4v) is 2.07. The van der Waals surface area contributed by atoms with Crippen LogP contribution in [0.2, 0.25) is 0 Å². The monoisotopic (exact) mass is 264 g/mol. The molecule has 0 radical (unpaired) electrons. The Bertz CT molecular complexity index is 406. The molecule has 19 heavy (non-hydrogen) atoms. The molecule has 3 N–H and O–H groups in total. The van der Waals surface area contributed by atoms with Crippen molar-refractivity contribution in [3.05, 3.63) is 29.8 Å². The number of carbonyl (C=O) groups excluding carboxylic acids is 1. The fourth-order valence-electron chi connectivity index (χ4n) is 2.07. The average molecular weight is 264 g/mol. The number of benzene rings is 1. The first kappa shape index (κ1) is 15.5. The molecule has 0 saturated carbocycles. The maximum absolute atomic E-state index is 12.1. The molecule has 0 aliphatic heterocycles. The van der Waals surface area contributed by atoms with E-state index >= 15 is 0 Å². The Kier molecular flexibility index (Phi) is 5.83. The van der Waals surface area contributed by atoms with Crippen molar-refractivity contribution >= 4 is 5.91 Å². The van der Waals surface area contributed by atoms with Gasteiger partial charge >= 0.3 is 0 Å². The first-order valence-corrected chi connectivity index (χ1v) is 6.73. The van der Waals surface area contributed by atoms with Gasteiger partial charge < -0.3 is 15.8 Å². The minimum Gasteiger partial charge on any atom is -0.497 e. The second-order valence-electron chi connectivity index (χ2n) is 4.77. The summed E-state index contributed by atoms with van der Waals surface area (Å²) in [5, 5.41) is 3.06. The molecule has 0 unspecified atom stereocenters. The molecule has 106 valence electrons. The number of methoxy groups -OCH3 is 1. The maximum atomic E-state index is 12.1. The van der Waals surface area contributed by atoms with Crippen LogP contribution >= 0.6 is 0 Å². The lowest BCUT2D eigenvalue weighted by Gasteiger charge is -2.31. The van der Waals surface area contributed by atoms with Crippen molar-refractivity contribution in [2.24, 2.45) is 5.73 Å². The summed E-state index contributed by atoms with van der Waals surface area (Å²) < 4.78 is 5.15. The van der Waals surface area contributed by atoms with E-state index in [2.05, 4.69) is 5.32 Å². The largest absolute Gasteiger partial charge is 0.497 e. The zero-order chi connectivity index (χ0) is 14.3. The van der Waals surface area contributed by atoms with Crippen LogP contribution in [0.4, 0.5) is 0 Å². The minimum atomic E-state index is -0.282. The summed E-state index contributed by atoms with van der Waals surface area (Å²) in [4.78, 5) is 12.1. The summed E-state index contributed by atoms with van der Waals surface area (Å²) >= 11 is 0.